The Morgan fingerprint density at radius 1 is 1.03 bits per heavy atom. The van der Waals surface area contributed by atoms with Crippen LogP contribution in [0.5, 0.6) is 0 Å². The largest absolute Gasteiger partial charge is 0.481 e. The fourth-order valence-electron chi connectivity index (χ4n) is 4.66. The fraction of sp³-hybridized carbons (Fsp3) is 0.276. The van der Waals surface area contributed by atoms with Crippen LogP contribution >= 0.6 is 0 Å². The number of aliphatic carboxylic acids is 1. The van der Waals surface area contributed by atoms with Gasteiger partial charge in [-0.25, -0.2) is 4.79 Å². The molecule has 1 fully saturated rings. The number of carbonyl (C=O) groups excluding carboxylic acids is 3. The molecule has 1 saturated heterocycles. The van der Waals surface area contributed by atoms with Crippen molar-refractivity contribution in [1.29, 1.82) is 5.26 Å². The molecule has 2 heterocycles. The van der Waals surface area contributed by atoms with E-state index < -0.39 is 23.6 Å². The summed E-state index contributed by atoms with van der Waals surface area (Å²) >= 11 is 0. The van der Waals surface area contributed by atoms with Crippen LogP contribution in [0.2, 0.25) is 0 Å². The van der Waals surface area contributed by atoms with Gasteiger partial charge in [0.2, 0.25) is 11.6 Å². The molecule has 0 spiro atoms. The van der Waals surface area contributed by atoms with Gasteiger partial charge in [0.15, 0.2) is 0 Å². The third-order valence-electron chi connectivity index (χ3n) is 6.67. The van der Waals surface area contributed by atoms with Crippen LogP contribution in [-0.2, 0) is 9.59 Å². The molecule has 10 heteroatoms. The van der Waals surface area contributed by atoms with E-state index in [0.717, 1.165) is 11.1 Å². The SMILES string of the molecule is N#CC(=C1CCN(CC(=O)C(=O)c2c[nH]c3c(NC(=O)NCCCC(=O)O)cccc23)CC1)c1ccccc1. The highest BCUT2D eigenvalue weighted by atomic mass is 16.4. The zero-order chi connectivity index (χ0) is 27.8. The number of rotatable bonds is 10. The van der Waals surface area contributed by atoms with Crippen LogP contribution in [-0.4, -0.2) is 64.7 Å². The molecule has 0 radical (unpaired) electrons. The lowest BCUT2D eigenvalue weighted by Crippen LogP contribution is -2.37. The molecule has 39 heavy (non-hydrogen) atoms. The monoisotopic (exact) mass is 527 g/mol. The zero-order valence-electron chi connectivity index (χ0n) is 21.3. The Bertz CT molecular complexity index is 1460. The Morgan fingerprint density at radius 3 is 2.46 bits per heavy atom. The number of ketones is 2. The third kappa shape index (κ3) is 6.77. The Labute approximate surface area is 225 Å². The van der Waals surface area contributed by atoms with E-state index in [1.807, 2.05) is 35.2 Å². The third-order valence-corrected chi connectivity index (χ3v) is 6.67. The summed E-state index contributed by atoms with van der Waals surface area (Å²) in [5.74, 6) is -2.07. The quantitative estimate of drug-likeness (QED) is 0.134. The van der Waals surface area contributed by atoms with Gasteiger partial charge >= 0.3 is 12.0 Å². The zero-order valence-corrected chi connectivity index (χ0v) is 21.3. The molecule has 1 aromatic heterocycles. The smallest absolute Gasteiger partial charge is 0.319 e. The molecule has 3 aromatic rings. The number of anilines is 1. The number of carboxylic acids is 1. The van der Waals surface area contributed by atoms with Crippen LogP contribution in [0.15, 0.2) is 60.3 Å². The minimum Gasteiger partial charge on any atom is -0.481 e. The summed E-state index contributed by atoms with van der Waals surface area (Å²) in [7, 11) is 0. The van der Waals surface area contributed by atoms with E-state index in [2.05, 4.69) is 21.7 Å². The number of likely N-dealkylation sites (tertiary alicyclic amines) is 1. The van der Waals surface area contributed by atoms with Crippen molar-refractivity contribution < 1.29 is 24.3 Å². The summed E-state index contributed by atoms with van der Waals surface area (Å²) < 4.78 is 0. The topological polar surface area (TPSA) is 155 Å². The average molecular weight is 528 g/mol. The predicted octanol–water partition coefficient (Wildman–Crippen LogP) is 3.98. The number of aromatic amines is 1. The molecule has 1 aliphatic heterocycles. The van der Waals surface area contributed by atoms with E-state index in [9.17, 15) is 24.4 Å². The molecule has 0 bridgehead atoms. The number of para-hydroxylation sites is 1. The number of benzene rings is 2. The van der Waals surface area contributed by atoms with Gasteiger partial charge in [-0.05, 0) is 36.5 Å². The second kappa shape index (κ2) is 12.7. The molecular weight excluding hydrogens is 498 g/mol. The molecule has 0 aliphatic carbocycles. The van der Waals surface area contributed by atoms with Crippen LogP contribution in [0.3, 0.4) is 0 Å². The predicted molar refractivity (Wildman–Crippen MR) is 146 cm³/mol. The number of nitriles is 1. The Morgan fingerprint density at radius 2 is 1.77 bits per heavy atom. The summed E-state index contributed by atoms with van der Waals surface area (Å²) in [6, 6.07) is 16.4. The van der Waals surface area contributed by atoms with Crippen molar-refractivity contribution in [3.8, 4) is 6.07 Å². The van der Waals surface area contributed by atoms with Crippen LogP contribution in [0, 0.1) is 11.3 Å². The van der Waals surface area contributed by atoms with Crippen molar-refractivity contribution >= 4 is 45.7 Å². The first-order valence-electron chi connectivity index (χ1n) is 12.7. The summed E-state index contributed by atoms with van der Waals surface area (Å²) in [6.45, 7) is 1.35. The molecule has 4 N–H and O–H groups in total. The van der Waals surface area contributed by atoms with E-state index in [1.165, 1.54) is 6.20 Å². The Balaban J connectivity index is 1.37. The van der Waals surface area contributed by atoms with Gasteiger partial charge in [-0.2, -0.15) is 5.26 Å². The van der Waals surface area contributed by atoms with E-state index in [0.29, 0.717) is 54.5 Å². The number of hydrogen-bond acceptors (Lipinski definition) is 6. The molecule has 10 nitrogen and oxygen atoms in total. The van der Waals surface area contributed by atoms with Gasteiger partial charge in [0.25, 0.3) is 0 Å². The summed E-state index contributed by atoms with van der Waals surface area (Å²) in [5, 5.41) is 24.2. The molecule has 4 rings (SSSR count). The van der Waals surface area contributed by atoms with Crippen LogP contribution in [0.1, 0.15) is 41.6 Å². The first-order valence-corrected chi connectivity index (χ1v) is 12.7. The Hall–Kier alpha value is -4.75. The highest BCUT2D eigenvalue weighted by molar-refractivity contribution is 6.46. The maximum Gasteiger partial charge on any atom is 0.319 e. The van der Waals surface area contributed by atoms with Crippen molar-refractivity contribution in [2.45, 2.75) is 25.7 Å². The number of fused-ring (bicyclic) bond motifs is 1. The number of H-pyrrole nitrogens is 1. The number of carbonyl (C=O) groups is 4. The molecule has 2 amide bonds. The molecule has 0 unspecified atom stereocenters. The molecule has 2 aromatic carbocycles. The Kier molecular flexibility index (Phi) is 8.86. The van der Waals surface area contributed by atoms with E-state index in [1.54, 1.807) is 18.2 Å². The number of urea groups is 1. The van der Waals surface area contributed by atoms with Crippen molar-refractivity contribution in [3.63, 3.8) is 0 Å². The van der Waals surface area contributed by atoms with Crippen molar-refractivity contribution in [1.82, 2.24) is 15.2 Å². The van der Waals surface area contributed by atoms with Crippen molar-refractivity contribution in [2.24, 2.45) is 0 Å². The minimum absolute atomic E-state index is 0.0112. The number of piperidine rings is 1. The van der Waals surface area contributed by atoms with E-state index >= 15 is 0 Å². The van der Waals surface area contributed by atoms with Gasteiger partial charge in [0.1, 0.15) is 0 Å². The first kappa shape index (κ1) is 27.3. The van der Waals surface area contributed by atoms with E-state index in [-0.39, 0.29) is 25.1 Å². The summed E-state index contributed by atoms with van der Waals surface area (Å²) in [6.07, 6.45) is 3.03. The summed E-state index contributed by atoms with van der Waals surface area (Å²) in [4.78, 5) is 53.7. The van der Waals surface area contributed by atoms with Crippen LogP contribution in [0.4, 0.5) is 10.5 Å². The van der Waals surface area contributed by atoms with Crippen molar-refractivity contribution in [2.75, 3.05) is 31.5 Å². The first-order chi connectivity index (χ1) is 18.9. The molecule has 1 aliphatic rings. The fourth-order valence-corrected chi connectivity index (χ4v) is 4.66. The normalized spacial score (nSPS) is 13.5. The lowest BCUT2D eigenvalue weighted by atomic mass is 9.93. The average Bonchev–Trinajstić information content (AvgIpc) is 3.38. The van der Waals surface area contributed by atoms with Gasteiger partial charge in [-0.3, -0.25) is 19.3 Å². The second-order valence-electron chi connectivity index (χ2n) is 9.29. The van der Waals surface area contributed by atoms with Gasteiger partial charge in [0, 0.05) is 37.6 Å². The number of aromatic nitrogens is 1. The molecule has 0 atom stereocenters. The number of nitrogens with zero attached hydrogens (tertiary/aromatic N) is 2. The number of amides is 2. The standard InChI is InChI=1S/C29H29N5O5/c30-16-22(19-6-2-1-3-7-19)20-11-14-34(15-12-20)18-25(35)28(38)23-17-32-27-21(23)8-4-9-24(27)33-29(39)31-13-5-10-26(36)37/h1-4,6-9,17,32H,5,10-15,18H2,(H,36,37)(H2,31,33,39). The minimum atomic E-state index is -0.932. The second-order valence-corrected chi connectivity index (χ2v) is 9.29. The van der Waals surface area contributed by atoms with Gasteiger partial charge in [-0.1, -0.05) is 42.5 Å². The number of hydrogen-bond donors (Lipinski definition) is 4. The van der Waals surface area contributed by atoms with Crippen LogP contribution in [0.25, 0.3) is 16.5 Å². The summed E-state index contributed by atoms with van der Waals surface area (Å²) in [5.41, 5.74) is 3.78. The molecule has 200 valence electrons. The van der Waals surface area contributed by atoms with Gasteiger partial charge in [0.05, 0.1) is 35.0 Å². The number of allylic oxidation sites excluding steroid dienone is 1. The van der Waals surface area contributed by atoms with Crippen LogP contribution < -0.4 is 10.6 Å². The number of carboxylic acid groups (broad SMARTS) is 1. The van der Waals surface area contributed by atoms with Gasteiger partial charge in [-0.15, -0.1) is 0 Å². The number of Topliss-reactive ketones (excluding diaryl/α,β-unsaturated/α-hetero) is 2. The van der Waals surface area contributed by atoms with Gasteiger partial charge < -0.3 is 20.7 Å². The maximum atomic E-state index is 13.1. The molecule has 0 saturated carbocycles. The highest BCUT2D eigenvalue weighted by Crippen LogP contribution is 2.28. The maximum absolute atomic E-state index is 13.1. The lowest BCUT2D eigenvalue weighted by Gasteiger charge is -2.28. The van der Waals surface area contributed by atoms with Crippen molar-refractivity contribution in [3.05, 3.63) is 71.4 Å². The lowest BCUT2D eigenvalue weighted by molar-refractivity contribution is -0.137. The number of nitrogens with one attached hydrogen (secondary N) is 3. The molecular formula is C29H29N5O5. The highest BCUT2D eigenvalue weighted by Gasteiger charge is 2.25. The van der Waals surface area contributed by atoms with E-state index in [4.69, 9.17) is 5.11 Å².